The predicted molar refractivity (Wildman–Crippen MR) is 99.3 cm³/mol. The minimum absolute atomic E-state index is 0.767. The number of nitrogens with zero attached hydrogens (tertiary/aromatic N) is 3. The molecule has 0 spiro atoms. The van der Waals surface area contributed by atoms with Gasteiger partial charge in [-0.15, -0.1) is 0 Å². The van der Waals surface area contributed by atoms with Crippen molar-refractivity contribution in [1.82, 2.24) is 4.90 Å². The number of piperazine rings is 1. The van der Waals surface area contributed by atoms with Gasteiger partial charge in [0.1, 0.15) is 0 Å². The van der Waals surface area contributed by atoms with Gasteiger partial charge in [0.15, 0.2) is 0 Å². The molecule has 0 unspecified atom stereocenters. The second kappa shape index (κ2) is 7.25. The van der Waals surface area contributed by atoms with E-state index in [-0.39, 0.29) is 0 Å². The first-order valence-corrected chi connectivity index (χ1v) is 8.26. The van der Waals surface area contributed by atoms with Crippen molar-refractivity contribution in [3.63, 3.8) is 0 Å². The highest BCUT2D eigenvalue weighted by atomic mass is 16.1. The third-order valence-electron chi connectivity index (χ3n) is 4.52. The molecule has 1 fully saturated rings. The minimum Gasteiger partial charge on any atom is -0.397 e. The molecule has 2 N–H and O–H groups in total. The lowest BCUT2D eigenvalue weighted by molar-refractivity contribution is -0.118. The van der Waals surface area contributed by atoms with Gasteiger partial charge in [-0.05, 0) is 23.8 Å². The van der Waals surface area contributed by atoms with E-state index in [4.69, 9.17) is 5.73 Å². The summed E-state index contributed by atoms with van der Waals surface area (Å²) in [4.78, 5) is 17.1. The molecule has 0 radical (unpaired) electrons. The average molecular weight is 324 g/mol. The minimum atomic E-state index is 0.767. The van der Waals surface area contributed by atoms with Crippen molar-refractivity contribution < 1.29 is 4.79 Å². The van der Waals surface area contributed by atoms with Crippen LogP contribution in [0.5, 0.6) is 0 Å². The summed E-state index contributed by atoms with van der Waals surface area (Å²) in [6.07, 6.45) is 0.930. The third kappa shape index (κ3) is 3.62. The maximum Gasteiger partial charge on any atom is 0.209 e. The summed E-state index contributed by atoms with van der Waals surface area (Å²) in [7, 11) is 2.06. The monoisotopic (exact) mass is 324 g/mol. The molecule has 5 heteroatoms. The van der Waals surface area contributed by atoms with Crippen molar-refractivity contribution in [3.05, 3.63) is 54.1 Å². The molecule has 0 saturated carbocycles. The van der Waals surface area contributed by atoms with E-state index in [1.807, 2.05) is 17.0 Å². The lowest BCUT2D eigenvalue weighted by Crippen LogP contribution is -2.45. The molecule has 1 saturated heterocycles. The first-order chi connectivity index (χ1) is 11.7. The van der Waals surface area contributed by atoms with Crippen LogP contribution < -0.4 is 15.5 Å². The molecule has 0 aliphatic carbocycles. The van der Waals surface area contributed by atoms with Gasteiger partial charge in [0.2, 0.25) is 6.41 Å². The molecule has 1 aliphatic rings. The predicted octanol–water partition coefficient (Wildman–Crippen LogP) is 2.18. The molecular formula is C19H24N4O. The highest BCUT2D eigenvalue weighted by molar-refractivity contribution is 5.73. The summed E-state index contributed by atoms with van der Waals surface area (Å²) >= 11 is 0. The summed E-state index contributed by atoms with van der Waals surface area (Å²) in [5.74, 6) is 0. The van der Waals surface area contributed by atoms with E-state index in [2.05, 4.69) is 53.2 Å². The van der Waals surface area contributed by atoms with E-state index in [0.717, 1.165) is 56.2 Å². The van der Waals surface area contributed by atoms with Crippen molar-refractivity contribution in [2.45, 2.75) is 6.54 Å². The number of benzene rings is 2. The quantitative estimate of drug-likeness (QED) is 0.677. The van der Waals surface area contributed by atoms with Gasteiger partial charge in [-0.3, -0.25) is 4.79 Å². The molecule has 1 aliphatic heterocycles. The number of anilines is 3. The Kier molecular flexibility index (Phi) is 4.89. The van der Waals surface area contributed by atoms with Crippen LogP contribution in [0.4, 0.5) is 17.1 Å². The fraction of sp³-hybridized carbons (Fsp3) is 0.316. The first kappa shape index (κ1) is 16.2. The molecule has 2 aromatic carbocycles. The molecule has 3 rings (SSSR count). The van der Waals surface area contributed by atoms with Gasteiger partial charge in [-0.1, -0.05) is 30.3 Å². The maximum atomic E-state index is 10.8. The maximum absolute atomic E-state index is 10.8. The summed E-state index contributed by atoms with van der Waals surface area (Å²) in [5.41, 5.74) is 10.4. The lowest BCUT2D eigenvalue weighted by Gasteiger charge is -2.35. The number of carbonyl (C=O) groups is 1. The second-order valence-corrected chi connectivity index (χ2v) is 6.21. The van der Waals surface area contributed by atoms with E-state index in [9.17, 15) is 4.79 Å². The van der Waals surface area contributed by atoms with Gasteiger partial charge in [-0.25, -0.2) is 0 Å². The molecule has 2 aromatic rings. The molecule has 1 heterocycles. The highest BCUT2D eigenvalue weighted by Gasteiger charge is 2.17. The van der Waals surface area contributed by atoms with E-state index in [1.165, 1.54) is 5.56 Å². The zero-order chi connectivity index (χ0) is 16.9. The smallest absolute Gasteiger partial charge is 0.209 e. The van der Waals surface area contributed by atoms with Crippen molar-refractivity contribution in [2.24, 2.45) is 0 Å². The third-order valence-corrected chi connectivity index (χ3v) is 4.52. The van der Waals surface area contributed by atoms with Crippen molar-refractivity contribution in [2.75, 3.05) is 48.8 Å². The lowest BCUT2D eigenvalue weighted by atomic mass is 10.1. The van der Waals surface area contributed by atoms with Gasteiger partial charge in [0, 0.05) is 45.5 Å². The number of carbonyl (C=O) groups excluding carboxylic acids is 1. The summed E-state index contributed by atoms with van der Waals surface area (Å²) in [5, 5.41) is 0. The zero-order valence-corrected chi connectivity index (χ0v) is 14.1. The van der Waals surface area contributed by atoms with E-state index < -0.39 is 0 Å². The Hall–Kier alpha value is -2.69. The standard InChI is InChI=1S/C19H24N4O/c1-21(14-16-5-3-2-4-6-16)19-13-17(7-8-18(19)20)23-11-9-22(15-24)10-12-23/h2-8,13,15H,9-12,14,20H2,1H3. The molecule has 5 nitrogen and oxygen atoms in total. The van der Waals surface area contributed by atoms with E-state index in [1.54, 1.807) is 0 Å². The van der Waals surface area contributed by atoms with Crippen LogP contribution in [0.15, 0.2) is 48.5 Å². The number of nitrogens with two attached hydrogens (primary N) is 1. The van der Waals surface area contributed by atoms with Crippen LogP contribution in [-0.2, 0) is 11.3 Å². The van der Waals surface area contributed by atoms with Crippen molar-refractivity contribution in [3.8, 4) is 0 Å². The molecule has 1 amide bonds. The van der Waals surface area contributed by atoms with Gasteiger partial charge < -0.3 is 20.4 Å². The molecule has 24 heavy (non-hydrogen) atoms. The molecule has 0 bridgehead atoms. The van der Waals surface area contributed by atoms with E-state index in [0.29, 0.717) is 0 Å². The van der Waals surface area contributed by atoms with E-state index >= 15 is 0 Å². The van der Waals surface area contributed by atoms with Gasteiger partial charge in [-0.2, -0.15) is 0 Å². The van der Waals surface area contributed by atoms with Crippen molar-refractivity contribution in [1.29, 1.82) is 0 Å². The number of hydrogen-bond donors (Lipinski definition) is 1. The Bertz CT molecular complexity index is 681. The Morgan fingerprint density at radius 2 is 1.79 bits per heavy atom. The van der Waals surface area contributed by atoms with Crippen LogP contribution >= 0.6 is 0 Å². The highest BCUT2D eigenvalue weighted by Crippen LogP contribution is 2.29. The topological polar surface area (TPSA) is 52.8 Å². The number of hydrogen-bond acceptors (Lipinski definition) is 4. The summed E-state index contributed by atoms with van der Waals surface area (Å²) in [6, 6.07) is 16.5. The normalized spacial score (nSPS) is 14.5. The second-order valence-electron chi connectivity index (χ2n) is 6.21. The van der Waals surface area contributed by atoms with Crippen LogP contribution in [0, 0.1) is 0 Å². The average Bonchev–Trinajstić information content (AvgIpc) is 2.63. The molecule has 0 aromatic heterocycles. The molecule has 0 atom stereocenters. The van der Waals surface area contributed by atoms with Crippen molar-refractivity contribution >= 4 is 23.5 Å². The Balaban J connectivity index is 1.75. The van der Waals surface area contributed by atoms with Crippen LogP contribution in [-0.4, -0.2) is 44.5 Å². The Morgan fingerprint density at radius 3 is 2.46 bits per heavy atom. The zero-order valence-electron chi connectivity index (χ0n) is 14.1. The fourth-order valence-electron chi connectivity index (χ4n) is 3.09. The number of nitrogen functional groups attached to an aromatic ring is 1. The number of amides is 1. The Morgan fingerprint density at radius 1 is 1.08 bits per heavy atom. The molecular weight excluding hydrogens is 300 g/mol. The van der Waals surface area contributed by atoms with Crippen LogP contribution in [0.1, 0.15) is 5.56 Å². The van der Waals surface area contributed by atoms with Gasteiger partial charge >= 0.3 is 0 Å². The SMILES string of the molecule is CN(Cc1ccccc1)c1cc(N2CCN(C=O)CC2)ccc1N. The number of rotatable bonds is 5. The Labute approximate surface area is 143 Å². The van der Waals surface area contributed by atoms with Gasteiger partial charge in [0.05, 0.1) is 11.4 Å². The van der Waals surface area contributed by atoms with Crippen LogP contribution in [0.2, 0.25) is 0 Å². The summed E-state index contributed by atoms with van der Waals surface area (Å²) < 4.78 is 0. The van der Waals surface area contributed by atoms with Crippen LogP contribution in [0.25, 0.3) is 0 Å². The largest absolute Gasteiger partial charge is 0.397 e. The molecule has 126 valence electrons. The first-order valence-electron chi connectivity index (χ1n) is 8.26. The van der Waals surface area contributed by atoms with Crippen LogP contribution in [0.3, 0.4) is 0 Å². The fourth-order valence-corrected chi connectivity index (χ4v) is 3.09. The summed E-state index contributed by atoms with van der Waals surface area (Å²) in [6.45, 7) is 4.05. The van der Waals surface area contributed by atoms with Gasteiger partial charge in [0.25, 0.3) is 0 Å².